The van der Waals surface area contributed by atoms with E-state index in [1.165, 1.54) is 0 Å². The maximum absolute atomic E-state index is 5.90. The summed E-state index contributed by atoms with van der Waals surface area (Å²) in [5.74, 6) is 1.21. The first-order valence-corrected chi connectivity index (χ1v) is 12.1. The molecule has 0 radical (unpaired) electrons. The number of para-hydroxylation sites is 3. The van der Waals surface area contributed by atoms with Gasteiger partial charge in [0, 0.05) is 11.4 Å². The van der Waals surface area contributed by atoms with Crippen molar-refractivity contribution in [3.63, 3.8) is 0 Å². The van der Waals surface area contributed by atoms with Crippen molar-refractivity contribution in [3.05, 3.63) is 108 Å². The molecule has 0 spiro atoms. The number of rotatable bonds is 7. The Hall–Kier alpha value is -4.83. The van der Waals surface area contributed by atoms with Crippen molar-refractivity contribution < 1.29 is 4.52 Å². The van der Waals surface area contributed by atoms with E-state index in [1.54, 1.807) is 15.7 Å². The van der Waals surface area contributed by atoms with Gasteiger partial charge in [-0.15, -0.1) is 10.2 Å². The Morgan fingerprint density at radius 3 is 2.19 bits per heavy atom. The normalized spacial score (nSPS) is 11.1. The molecule has 0 atom stereocenters. The molecule has 0 amide bonds. The van der Waals surface area contributed by atoms with E-state index in [0.717, 1.165) is 17.1 Å². The monoisotopic (exact) mass is 506 g/mol. The lowest BCUT2D eigenvalue weighted by Crippen LogP contribution is -2.10. The lowest BCUT2D eigenvalue weighted by Gasteiger charge is -2.07. The van der Waals surface area contributed by atoms with Gasteiger partial charge in [0.1, 0.15) is 23.8 Å². The fourth-order valence-electron chi connectivity index (χ4n) is 4.07. The van der Waals surface area contributed by atoms with Gasteiger partial charge in [0.25, 0.3) is 0 Å². The fraction of sp³-hybridized carbons (Fsp3) is 0.0741. The summed E-state index contributed by atoms with van der Waals surface area (Å²) in [6.07, 6.45) is 1.67. The third kappa shape index (κ3) is 4.34. The van der Waals surface area contributed by atoms with E-state index >= 15 is 0 Å². The molecule has 0 aliphatic rings. The topological polar surface area (TPSA) is 91.5 Å². The maximum Gasteiger partial charge on any atom is 0.204 e. The molecule has 3 heterocycles. The molecule has 0 saturated heterocycles. The highest BCUT2D eigenvalue weighted by Gasteiger charge is 2.26. The zero-order valence-corrected chi connectivity index (χ0v) is 20.7. The molecule has 3 aromatic carbocycles. The summed E-state index contributed by atoms with van der Waals surface area (Å²) in [6.45, 7) is 2.24. The summed E-state index contributed by atoms with van der Waals surface area (Å²) in [4.78, 5) is 1.56. The summed E-state index contributed by atoms with van der Waals surface area (Å²) in [6, 6.07) is 29.5. The first-order chi connectivity index (χ1) is 18.2. The fourth-order valence-corrected chi connectivity index (χ4v) is 4.37. The quantitative estimate of drug-likeness (QED) is 0.278. The number of aryl methyl sites for hydroxylation is 1. The highest BCUT2D eigenvalue weighted by molar-refractivity contribution is 7.71. The Morgan fingerprint density at radius 2 is 1.49 bits per heavy atom. The molecule has 0 fully saturated rings. The Labute approximate surface area is 217 Å². The average molecular weight is 507 g/mol. The number of hydrogen-bond acceptors (Lipinski definition) is 7. The number of hydrogen-bond donors (Lipinski definition) is 1. The van der Waals surface area contributed by atoms with Gasteiger partial charge < -0.3 is 9.84 Å². The molecule has 9 nitrogen and oxygen atoms in total. The lowest BCUT2D eigenvalue weighted by atomic mass is 10.1. The molecule has 6 rings (SSSR count). The van der Waals surface area contributed by atoms with Crippen LogP contribution in [0.1, 0.15) is 5.76 Å². The van der Waals surface area contributed by atoms with Crippen LogP contribution in [0.25, 0.3) is 34.2 Å². The Morgan fingerprint density at radius 1 is 0.838 bits per heavy atom. The van der Waals surface area contributed by atoms with Crippen LogP contribution in [0.15, 0.2) is 102 Å². The molecule has 0 aliphatic carbocycles. The predicted molar refractivity (Wildman–Crippen MR) is 143 cm³/mol. The van der Waals surface area contributed by atoms with Crippen molar-refractivity contribution in [1.82, 2.24) is 34.5 Å². The molecule has 1 N–H and O–H groups in total. The highest BCUT2D eigenvalue weighted by atomic mass is 32.1. The number of benzene rings is 3. The van der Waals surface area contributed by atoms with Crippen LogP contribution in [0.3, 0.4) is 0 Å². The predicted octanol–water partition coefficient (Wildman–Crippen LogP) is 5.68. The van der Waals surface area contributed by atoms with Crippen LogP contribution in [0.2, 0.25) is 0 Å². The number of nitrogens with one attached hydrogen (secondary N) is 1. The van der Waals surface area contributed by atoms with E-state index in [-0.39, 0.29) is 0 Å². The molecular formula is C27H22N8OS. The molecule has 0 unspecified atom stereocenters. The van der Waals surface area contributed by atoms with E-state index in [1.807, 2.05) is 102 Å². The van der Waals surface area contributed by atoms with Crippen LogP contribution in [0.4, 0.5) is 5.69 Å². The standard InChI is InChI=1S/C27H22N8OS/c1-19-24(25(32-36-19)23-17-29-35(30-23)22-15-9-4-10-16-22)26-31-33(18-28-20-11-5-2-6-12-20)27(37)34(26)21-13-7-3-8-14-21/h2-17,28H,18H2,1H3. The van der Waals surface area contributed by atoms with Crippen molar-refractivity contribution in [2.45, 2.75) is 13.6 Å². The largest absolute Gasteiger partial charge is 0.366 e. The molecule has 6 aromatic rings. The van der Waals surface area contributed by atoms with Crippen molar-refractivity contribution in [1.29, 1.82) is 0 Å². The van der Waals surface area contributed by atoms with Gasteiger partial charge in [-0.1, -0.05) is 59.8 Å². The summed E-state index contributed by atoms with van der Waals surface area (Å²) in [7, 11) is 0. The van der Waals surface area contributed by atoms with E-state index in [2.05, 4.69) is 20.7 Å². The Balaban J connectivity index is 1.46. The van der Waals surface area contributed by atoms with Crippen molar-refractivity contribution in [2.24, 2.45) is 0 Å². The Kier molecular flexibility index (Phi) is 5.91. The molecule has 0 saturated carbocycles. The van der Waals surface area contributed by atoms with Crippen LogP contribution in [0.5, 0.6) is 0 Å². The van der Waals surface area contributed by atoms with E-state index < -0.39 is 0 Å². The minimum atomic E-state index is 0.388. The van der Waals surface area contributed by atoms with E-state index in [0.29, 0.717) is 40.0 Å². The van der Waals surface area contributed by atoms with Crippen molar-refractivity contribution >= 4 is 17.9 Å². The Bertz CT molecular complexity index is 1700. The van der Waals surface area contributed by atoms with Crippen LogP contribution < -0.4 is 5.32 Å². The zero-order chi connectivity index (χ0) is 25.2. The first kappa shape index (κ1) is 22.6. The second-order valence-electron chi connectivity index (χ2n) is 8.29. The van der Waals surface area contributed by atoms with E-state index in [9.17, 15) is 0 Å². The summed E-state index contributed by atoms with van der Waals surface area (Å²) < 4.78 is 9.86. The zero-order valence-electron chi connectivity index (χ0n) is 19.9. The lowest BCUT2D eigenvalue weighted by molar-refractivity contribution is 0.400. The van der Waals surface area contributed by atoms with Gasteiger partial charge in [-0.3, -0.25) is 4.57 Å². The molecule has 0 aliphatic heterocycles. The second-order valence-corrected chi connectivity index (χ2v) is 8.66. The molecular weight excluding hydrogens is 484 g/mol. The van der Waals surface area contributed by atoms with Crippen molar-refractivity contribution in [3.8, 4) is 34.2 Å². The molecule has 182 valence electrons. The smallest absolute Gasteiger partial charge is 0.204 e. The molecule has 37 heavy (non-hydrogen) atoms. The second kappa shape index (κ2) is 9.67. The first-order valence-electron chi connectivity index (χ1n) is 11.7. The number of nitrogens with zero attached hydrogens (tertiary/aromatic N) is 7. The minimum absolute atomic E-state index is 0.388. The summed E-state index contributed by atoms with van der Waals surface area (Å²) in [5, 5.41) is 21.7. The average Bonchev–Trinajstić information content (AvgIpc) is 3.66. The van der Waals surface area contributed by atoms with Gasteiger partial charge in [0.05, 0.1) is 17.4 Å². The highest BCUT2D eigenvalue weighted by Crippen LogP contribution is 2.34. The summed E-state index contributed by atoms with van der Waals surface area (Å²) in [5.41, 5.74) is 4.51. The van der Waals surface area contributed by atoms with Crippen LogP contribution in [-0.4, -0.2) is 34.5 Å². The molecule has 3 aromatic heterocycles. The molecule has 0 bridgehead atoms. The van der Waals surface area contributed by atoms with Gasteiger partial charge in [-0.25, -0.2) is 4.68 Å². The minimum Gasteiger partial charge on any atom is -0.366 e. The van der Waals surface area contributed by atoms with E-state index in [4.69, 9.17) is 21.8 Å². The molecule has 10 heteroatoms. The third-order valence-electron chi connectivity index (χ3n) is 5.87. The maximum atomic E-state index is 5.90. The third-order valence-corrected chi connectivity index (χ3v) is 6.26. The van der Waals surface area contributed by atoms with Gasteiger partial charge in [-0.05, 0) is 55.5 Å². The summed E-state index contributed by atoms with van der Waals surface area (Å²) >= 11 is 5.90. The van der Waals surface area contributed by atoms with Crippen LogP contribution in [0, 0.1) is 11.7 Å². The van der Waals surface area contributed by atoms with Gasteiger partial charge in [-0.2, -0.15) is 9.90 Å². The number of aromatic nitrogens is 7. The van der Waals surface area contributed by atoms with Crippen LogP contribution in [-0.2, 0) is 6.67 Å². The van der Waals surface area contributed by atoms with Gasteiger partial charge in [0.2, 0.25) is 4.77 Å². The van der Waals surface area contributed by atoms with Gasteiger partial charge >= 0.3 is 0 Å². The van der Waals surface area contributed by atoms with Crippen LogP contribution >= 0.6 is 12.2 Å². The van der Waals surface area contributed by atoms with Gasteiger partial charge in [0.15, 0.2) is 5.82 Å². The number of anilines is 1. The SMILES string of the molecule is Cc1onc(-c2cnn(-c3ccccc3)n2)c1-c1nn(CNc2ccccc2)c(=S)n1-c1ccccc1. The van der Waals surface area contributed by atoms with Crippen molar-refractivity contribution in [2.75, 3.05) is 5.32 Å².